The number of hydrogen-bond acceptors (Lipinski definition) is 5. The first kappa shape index (κ1) is 18.1. The maximum absolute atomic E-state index is 11.5. The molecule has 0 aromatic rings. The Bertz CT molecular complexity index is 313. The van der Waals surface area contributed by atoms with Crippen LogP contribution in [0, 0.1) is 0 Å². The van der Waals surface area contributed by atoms with E-state index in [1.54, 1.807) is 0 Å². The second-order valence-corrected chi connectivity index (χ2v) is 5.63. The quantitative estimate of drug-likeness (QED) is 0.472. The first-order valence-corrected chi connectivity index (χ1v) is 7.97. The van der Waals surface area contributed by atoms with Crippen molar-refractivity contribution >= 4 is 5.97 Å². The molecule has 0 spiro atoms. The molecule has 2 N–H and O–H groups in total. The third-order valence-corrected chi connectivity index (χ3v) is 3.89. The lowest BCUT2D eigenvalue weighted by molar-refractivity contribution is -0.147. The molecular weight excluding hydrogens is 270 g/mol. The van der Waals surface area contributed by atoms with Crippen LogP contribution in [0.4, 0.5) is 0 Å². The van der Waals surface area contributed by atoms with Gasteiger partial charge in [-0.15, -0.1) is 0 Å². The molecule has 0 aliphatic heterocycles. The molecule has 0 radical (unpaired) electrons. The molecule has 21 heavy (non-hydrogen) atoms. The van der Waals surface area contributed by atoms with Gasteiger partial charge in [0.1, 0.15) is 12.7 Å². The van der Waals surface area contributed by atoms with Gasteiger partial charge in [0.25, 0.3) is 0 Å². The molecule has 0 heterocycles. The van der Waals surface area contributed by atoms with Gasteiger partial charge in [-0.1, -0.05) is 25.0 Å². The van der Waals surface area contributed by atoms with Gasteiger partial charge in [0.15, 0.2) is 0 Å². The standard InChI is InChI=1S/C16H29NO4/c1-2-3-10-17(14-7-4-5-8-14)11-6-9-16(20)21-13-15(19)12-18/h2-3,14-15,18-19H,4-13H2,1H3. The number of ether oxygens (including phenoxy) is 1. The van der Waals surface area contributed by atoms with Gasteiger partial charge >= 0.3 is 5.97 Å². The fourth-order valence-corrected chi connectivity index (χ4v) is 2.67. The van der Waals surface area contributed by atoms with E-state index in [4.69, 9.17) is 14.9 Å². The molecule has 0 bridgehead atoms. The molecule has 1 atom stereocenters. The smallest absolute Gasteiger partial charge is 0.305 e. The van der Waals surface area contributed by atoms with Gasteiger partial charge in [-0.05, 0) is 32.7 Å². The molecule has 1 unspecified atom stereocenters. The van der Waals surface area contributed by atoms with E-state index in [0.717, 1.165) is 19.5 Å². The second-order valence-electron chi connectivity index (χ2n) is 5.63. The van der Waals surface area contributed by atoms with E-state index in [0.29, 0.717) is 12.5 Å². The fourth-order valence-electron chi connectivity index (χ4n) is 2.67. The molecule has 1 fully saturated rings. The molecule has 5 heteroatoms. The Kier molecular flexibility index (Phi) is 9.30. The number of aliphatic hydroxyl groups is 2. The Morgan fingerprint density at radius 2 is 2.14 bits per heavy atom. The summed E-state index contributed by atoms with van der Waals surface area (Å²) in [6.07, 6.45) is 9.49. The van der Waals surface area contributed by atoms with Gasteiger partial charge in [0, 0.05) is 19.0 Å². The number of carbonyl (C=O) groups excluding carboxylic acids is 1. The molecule has 1 aliphatic rings. The van der Waals surface area contributed by atoms with Crippen LogP contribution < -0.4 is 0 Å². The van der Waals surface area contributed by atoms with E-state index in [9.17, 15) is 4.79 Å². The minimum absolute atomic E-state index is 0.125. The summed E-state index contributed by atoms with van der Waals surface area (Å²) in [6.45, 7) is 3.36. The van der Waals surface area contributed by atoms with Crippen molar-refractivity contribution in [1.29, 1.82) is 0 Å². The van der Waals surface area contributed by atoms with Crippen LogP contribution in [0.1, 0.15) is 45.4 Å². The number of allylic oxidation sites excluding steroid dienone is 1. The van der Waals surface area contributed by atoms with Crippen molar-refractivity contribution in [3.05, 3.63) is 12.2 Å². The molecule has 122 valence electrons. The molecule has 1 rings (SSSR count). The monoisotopic (exact) mass is 299 g/mol. The van der Waals surface area contributed by atoms with E-state index in [-0.39, 0.29) is 19.2 Å². The number of hydrogen-bond donors (Lipinski definition) is 2. The topological polar surface area (TPSA) is 70.0 Å². The summed E-state index contributed by atoms with van der Waals surface area (Å²) in [6, 6.07) is 0.647. The van der Waals surface area contributed by atoms with Gasteiger partial charge < -0.3 is 14.9 Å². The van der Waals surface area contributed by atoms with E-state index in [2.05, 4.69) is 17.1 Å². The van der Waals surface area contributed by atoms with Crippen LogP contribution in [0.5, 0.6) is 0 Å². The first-order chi connectivity index (χ1) is 10.2. The fraction of sp³-hybridized carbons (Fsp3) is 0.812. The number of aliphatic hydroxyl groups excluding tert-OH is 2. The largest absolute Gasteiger partial charge is 0.463 e. The second kappa shape index (κ2) is 10.8. The summed E-state index contributed by atoms with van der Waals surface area (Å²) in [5, 5.41) is 17.8. The first-order valence-electron chi connectivity index (χ1n) is 7.97. The Morgan fingerprint density at radius 1 is 1.43 bits per heavy atom. The van der Waals surface area contributed by atoms with E-state index < -0.39 is 6.10 Å². The normalized spacial score (nSPS) is 17.7. The number of rotatable bonds is 10. The predicted molar refractivity (Wildman–Crippen MR) is 81.9 cm³/mol. The van der Waals surface area contributed by atoms with Crippen LogP contribution >= 0.6 is 0 Å². The molecular formula is C16H29NO4. The van der Waals surface area contributed by atoms with E-state index in [1.165, 1.54) is 25.7 Å². The summed E-state index contributed by atoms with van der Waals surface area (Å²) in [4.78, 5) is 14.0. The summed E-state index contributed by atoms with van der Waals surface area (Å²) in [5.74, 6) is -0.306. The van der Waals surface area contributed by atoms with Gasteiger partial charge in [0.2, 0.25) is 0 Å². The van der Waals surface area contributed by atoms with Crippen molar-refractivity contribution < 1.29 is 19.7 Å². The van der Waals surface area contributed by atoms with E-state index in [1.807, 2.05) is 6.92 Å². The van der Waals surface area contributed by atoms with Crippen LogP contribution in [-0.4, -0.2) is 59.5 Å². The van der Waals surface area contributed by atoms with Crippen LogP contribution in [0.15, 0.2) is 12.2 Å². The zero-order valence-electron chi connectivity index (χ0n) is 13.0. The van der Waals surface area contributed by atoms with Crippen molar-refractivity contribution in [1.82, 2.24) is 4.90 Å². The third-order valence-electron chi connectivity index (χ3n) is 3.89. The summed E-state index contributed by atoms with van der Waals surface area (Å²) in [7, 11) is 0. The average molecular weight is 299 g/mol. The van der Waals surface area contributed by atoms with Crippen LogP contribution in [-0.2, 0) is 9.53 Å². The number of carbonyl (C=O) groups is 1. The van der Waals surface area contributed by atoms with Gasteiger partial charge in [0.05, 0.1) is 6.61 Å². The maximum Gasteiger partial charge on any atom is 0.305 e. The third kappa shape index (κ3) is 7.60. The van der Waals surface area contributed by atoms with Gasteiger partial charge in [-0.25, -0.2) is 0 Å². The lowest BCUT2D eigenvalue weighted by Crippen LogP contribution is -2.34. The Hall–Kier alpha value is -0.910. The highest BCUT2D eigenvalue weighted by atomic mass is 16.5. The Labute approximate surface area is 127 Å². The Balaban J connectivity index is 2.24. The lowest BCUT2D eigenvalue weighted by atomic mass is 10.2. The van der Waals surface area contributed by atoms with Crippen molar-refractivity contribution in [2.24, 2.45) is 0 Å². The minimum Gasteiger partial charge on any atom is -0.463 e. The predicted octanol–water partition coefficient (Wildman–Crippen LogP) is 1.48. The highest BCUT2D eigenvalue weighted by Crippen LogP contribution is 2.23. The highest BCUT2D eigenvalue weighted by molar-refractivity contribution is 5.69. The zero-order valence-corrected chi connectivity index (χ0v) is 13.0. The summed E-state index contributed by atoms with van der Waals surface area (Å²) in [5.41, 5.74) is 0. The van der Waals surface area contributed by atoms with Gasteiger partial charge in [-0.2, -0.15) is 0 Å². The maximum atomic E-state index is 11.5. The molecule has 0 aromatic carbocycles. The molecule has 0 aromatic heterocycles. The van der Waals surface area contributed by atoms with Crippen molar-refractivity contribution in [3.63, 3.8) is 0 Å². The van der Waals surface area contributed by atoms with Crippen molar-refractivity contribution in [2.75, 3.05) is 26.3 Å². The van der Waals surface area contributed by atoms with Crippen LogP contribution in [0.3, 0.4) is 0 Å². The lowest BCUT2D eigenvalue weighted by Gasteiger charge is -2.27. The summed E-state index contributed by atoms with van der Waals surface area (Å²) >= 11 is 0. The van der Waals surface area contributed by atoms with Crippen LogP contribution in [0.25, 0.3) is 0 Å². The molecule has 0 amide bonds. The van der Waals surface area contributed by atoms with Crippen molar-refractivity contribution in [2.45, 2.75) is 57.6 Å². The Morgan fingerprint density at radius 3 is 2.76 bits per heavy atom. The van der Waals surface area contributed by atoms with Crippen LogP contribution in [0.2, 0.25) is 0 Å². The SMILES string of the molecule is CC=CCN(CCCC(=O)OCC(O)CO)C1CCCC1. The van der Waals surface area contributed by atoms with E-state index >= 15 is 0 Å². The minimum atomic E-state index is -0.973. The number of nitrogens with zero attached hydrogens (tertiary/aromatic N) is 1. The highest BCUT2D eigenvalue weighted by Gasteiger charge is 2.21. The average Bonchev–Trinajstić information content (AvgIpc) is 3.02. The molecule has 0 saturated heterocycles. The van der Waals surface area contributed by atoms with Crippen molar-refractivity contribution in [3.8, 4) is 0 Å². The molecule has 5 nitrogen and oxygen atoms in total. The van der Waals surface area contributed by atoms with Gasteiger partial charge in [-0.3, -0.25) is 9.69 Å². The molecule has 1 aliphatic carbocycles. The number of esters is 1. The summed E-state index contributed by atoms with van der Waals surface area (Å²) < 4.78 is 4.90. The molecule has 1 saturated carbocycles. The zero-order chi connectivity index (χ0) is 15.5.